The molecule has 2 unspecified atom stereocenters. The Morgan fingerprint density at radius 2 is 1.62 bits per heavy atom. The van der Waals surface area contributed by atoms with Crippen LogP contribution in [0.15, 0.2) is 48.5 Å². The summed E-state index contributed by atoms with van der Waals surface area (Å²) in [5, 5.41) is 8.96. The molecular formula is C19H17IO4. The summed E-state index contributed by atoms with van der Waals surface area (Å²) in [4.78, 5) is 23.2. The Morgan fingerprint density at radius 1 is 1.12 bits per heavy atom. The van der Waals surface area contributed by atoms with E-state index in [1.54, 1.807) is 24.3 Å². The fourth-order valence-electron chi connectivity index (χ4n) is 2.88. The summed E-state index contributed by atoms with van der Waals surface area (Å²) in [6.07, 6.45) is 0.805. The molecule has 0 radical (unpaired) electrons. The van der Waals surface area contributed by atoms with Gasteiger partial charge in [0, 0.05) is 3.92 Å². The number of aromatic carboxylic acids is 1. The molecule has 1 aliphatic rings. The Bertz CT molecular complexity index is 767. The number of halogens is 1. The molecule has 1 fully saturated rings. The van der Waals surface area contributed by atoms with Crippen LogP contribution in [0.25, 0.3) is 11.1 Å². The highest BCUT2D eigenvalue weighted by Gasteiger charge is 2.61. The van der Waals surface area contributed by atoms with Crippen LogP contribution in [-0.4, -0.2) is 27.6 Å². The number of hydrogen-bond acceptors (Lipinski definition) is 3. The molecule has 1 saturated carbocycles. The second-order valence-corrected chi connectivity index (χ2v) is 7.33. The monoisotopic (exact) mass is 436 g/mol. The smallest absolute Gasteiger partial charge is 0.335 e. The van der Waals surface area contributed by atoms with Crippen molar-refractivity contribution in [1.29, 1.82) is 0 Å². The van der Waals surface area contributed by atoms with Crippen molar-refractivity contribution in [3.05, 3.63) is 59.7 Å². The largest absolute Gasteiger partial charge is 0.478 e. The van der Waals surface area contributed by atoms with Gasteiger partial charge in [0.2, 0.25) is 0 Å². The van der Waals surface area contributed by atoms with Crippen molar-refractivity contribution in [3.63, 3.8) is 0 Å². The highest BCUT2D eigenvalue weighted by Crippen LogP contribution is 2.54. The molecule has 124 valence electrons. The van der Waals surface area contributed by atoms with Gasteiger partial charge < -0.3 is 9.84 Å². The van der Waals surface area contributed by atoms with Crippen molar-refractivity contribution in [3.8, 4) is 11.1 Å². The van der Waals surface area contributed by atoms with E-state index in [4.69, 9.17) is 9.84 Å². The number of carboxylic acid groups (broad SMARTS) is 1. The quantitative estimate of drug-likeness (QED) is 0.436. The van der Waals surface area contributed by atoms with Crippen LogP contribution in [0.5, 0.6) is 0 Å². The second kappa shape index (κ2) is 6.55. The molecule has 0 saturated heterocycles. The fraction of sp³-hybridized carbons (Fsp3) is 0.263. The first-order valence-corrected chi connectivity index (χ1v) is 8.99. The third kappa shape index (κ3) is 2.92. The van der Waals surface area contributed by atoms with Crippen LogP contribution in [0.3, 0.4) is 0 Å². The zero-order valence-electron chi connectivity index (χ0n) is 13.2. The Hall–Kier alpha value is -1.89. The highest BCUT2D eigenvalue weighted by atomic mass is 127. The van der Waals surface area contributed by atoms with Gasteiger partial charge in [0.15, 0.2) is 0 Å². The molecule has 5 heteroatoms. The fourth-order valence-corrected chi connectivity index (χ4v) is 4.19. The zero-order chi connectivity index (χ0) is 17.3. The van der Waals surface area contributed by atoms with Gasteiger partial charge in [-0.05, 0) is 42.2 Å². The Balaban J connectivity index is 1.85. The third-order valence-corrected chi connectivity index (χ3v) is 5.88. The van der Waals surface area contributed by atoms with Gasteiger partial charge in [-0.1, -0.05) is 59.0 Å². The van der Waals surface area contributed by atoms with E-state index in [1.165, 1.54) is 0 Å². The zero-order valence-corrected chi connectivity index (χ0v) is 15.3. The minimum absolute atomic E-state index is 0.150. The number of benzene rings is 2. The Morgan fingerprint density at radius 3 is 2.04 bits per heavy atom. The molecule has 0 bridgehead atoms. The summed E-state index contributed by atoms with van der Waals surface area (Å²) in [6, 6.07) is 14.6. The van der Waals surface area contributed by atoms with E-state index in [2.05, 4.69) is 22.6 Å². The highest BCUT2D eigenvalue weighted by molar-refractivity contribution is 14.1. The van der Waals surface area contributed by atoms with Crippen molar-refractivity contribution >= 4 is 34.5 Å². The summed E-state index contributed by atoms with van der Waals surface area (Å²) in [5.41, 5.74) is 2.66. The first kappa shape index (κ1) is 17.0. The van der Waals surface area contributed by atoms with Crippen molar-refractivity contribution in [2.75, 3.05) is 6.61 Å². The van der Waals surface area contributed by atoms with Gasteiger partial charge in [-0.3, -0.25) is 4.79 Å². The maximum absolute atomic E-state index is 12.3. The molecule has 1 aliphatic carbocycles. The van der Waals surface area contributed by atoms with Gasteiger partial charge in [0.05, 0.1) is 12.2 Å². The molecule has 2 aromatic carbocycles. The average molecular weight is 436 g/mol. The summed E-state index contributed by atoms with van der Waals surface area (Å²) in [5.74, 6) is -1.09. The van der Waals surface area contributed by atoms with Gasteiger partial charge in [-0.15, -0.1) is 0 Å². The van der Waals surface area contributed by atoms with E-state index >= 15 is 0 Å². The first-order valence-electron chi connectivity index (χ1n) is 7.74. The number of rotatable bonds is 5. The van der Waals surface area contributed by atoms with Crippen LogP contribution in [0.4, 0.5) is 0 Å². The number of alkyl halides is 1. The predicted molar refractivity (Wildman–Crippen MR) is 99.6 cm³/mol. The van der Waals surface area contributed by atoms with Gasteiger partial charge >= 0.3 is 11.9 Å². The molecular weight excluding hydrogens is 419 g/mol. The number of carbonyl (C=O) groups excluding carboxylic acids is 1. The molecule has 0 amide bonds. The summed E-state index contributed by atoms with van der Waals surface area (Å²) < 4.78 is 5.50. The maximum atomic E-state index is 12.3. The molecule has 1 N–H and O–H groups in total. The normalized spacial score (nSPS) is 22.0. The van der Waals surface area contributed by atoms with Crippen LogP contribution in [0.2, 0.25) is 0 Å². The SMILES string of the molecule is CCOC(=O)C1(c2ccc(-c3ccc(C(=O)O)cc3)cc2)CC1I. The molecule has 2 atom stereocenters. The van der Waals surface area contributed by atoms with Gasteiger partial charge in [-0.2, -0.15) is 0 Å². The molecule has 0 spiro atoms. The van der Waals surface area contributed by atoms with E-state index in [1.807, 2.05) is 31.2 Å². The number of hydrogen-bond donors (Lipinski definition) is 1. The molecule has 0 aromatic heterocycles. The Labute approximate surface area is 154 Å². The van der Waals surface area contributed by atoms with E-state index in [-0.39, 0.29) is 15.5 Å². The van der Waals surface area contributed by atoms with E-state index in [9.17, 15) is 9.59 Å². The standard InChI is InChI=1S/C19H17IO4/c1-2-24-18(23)19(11-16(19)20)15-9-7-13(8-10-15)12-3-5-14(6-4-12)17(21)22/h3-10,16H,2,11H2,1H3,(H,21,22). The summed E-state index contributed by atoms with van der Waals surface area (Å²) in [7, 11) is 0. The lowest BCUT2D eigenvalue weighted by molar-refractivity contribution is -0.146. The molecule has 2 aromatic rings. The minimum Gasteiger partial charge on any atom is -0.478 e. The number of esters is 1. The van der Waals surface area contributed by atoms with Crippen LogP contribution in [0, 0.1) is 0 Å². The van der Waals surface area contributed by atoms with Crippen LogP contribution < -0.4 is 0 Å². The van der Waals surface area contributed by atoms with Crippen molar-refractivity contribution in [2.24, 2.45) is 0 Å². The molecule has 3 rings (SSSR count). The molecule has 24 heavy (non-hydrogen) atoms. The maximum Gasteiger partial charge on any atom is 0.335 e. The van der Waals surface area contributed by atoms with E-state index in [0.717, 1.165) is 23.1 Å². The summed E-state index contributed by atoms with van der Waals surface area (Å²) in [6.45, 7) is 2.21. The van der Waals surface area contributed by atoms with Gasteiger partial charge in [0.25, 0.3) is 0 Å². The summed E-state index contributed by atoms with van der Waals surface area (Å²) >= 11 is 2.30. The van der Waals surface area contributed by atoms with Gasteiger partial charge in [-0.25, -0.2) is 4.79 Å². The van der Waals surface area contributed by atoms with E-state index < -0.39 is 11.4 Å². The topological polar surface area (TPSA) is 63.6 Å². The minimum atomic E-state index is -0.935. The molecule has 4 nitrogen and oxygen atoms in total. The second-order valence-electron chi connectivity index (χ2n) is 5.82. The van der Waals surface area contributed by atoms with Crippen molar-refractivity contribution < 1.29 is 19.4 Å². The van der Waals surface area contributed by atoms with Crippen molar-refractivity contribution in [2.45, 2.75) is 22.7 Å². The third-order valence-electron chi connectivity index (χ3n) is 4.38. The van der Waals surface area contributed by atoms with Gasteiger partial charge in [0.1, 0.15) is 5.41 Å². The van der Waals surface area contributed by atoms with E-state index in [0.29, 0.717) is 6.61 Å². The number of carbonyl (C=O) groups is 2. The lowest BCUT2D eigenvalue weighted by Gasteiger charge is -2.15. The average Bonchev–Trinajstić information content (AvgIpc) is 3.28. The predicted octanol–water partition coefficient (Wildman–Crippen LogP) is 4.06. The van der Waals surface area contributed by atoms with Crippen LogP contribution in [-0.2, 0) is 14.9 Å². The molecule has 0 heterocycles. The van der Waals surface area contributed by atoms with Crippen LogP contribution in [0.1, 0.15) is 29.3 Å². The Kier molecular flexibility index (Phi) is 4.62. The number of carboxylic acids is 1. The van der Waals surface area contributed by atoms with Crippen molar-refractivity contribution in [1.82, 2.24) is 0 Å². The van der Waals surface area contributed by atoms with Crippen LogP contribution >= 0.6 is 22.6 Å². The lowest BCUT2D eigenvalue weighted by atomic mass is 9.93. The lowest BCUT2D eigenvalue weighted by Crippen LogP contribution is -2.25. The molecule has 0 aliphatic heterocycles. The number of ether oxygens (including phenoxy) is 1. The first-order chi connectivity index (χ1) is 11.5.